The van der Waals surface area contributed by atoms with Crippen LogP contribution >= 0.6 is 0 Å². The number of imide groups is 1. The van der Waals surface area contributed by atoms with E-state index in [0.29, 0.717) is 0 Å². The first-order valence-electron chi connectivity index (χ1n) is 6.82. The first-order chi connectivity index (χ1) is 9.52. The largest absolute Gasteiger partial charge is 0.451 e. The molecule has 0 saturated heterocycles. The number of amides is 3. The Morgan fingerprint density at radius 1 is 1.20 bits per heavy atom. The van der Waals surface area contributed by atoms with E-state index in [-0.39, 0.29) is 12.6 Å². The molecule has 3 amide bonds. The molecule has 0 heterocycles. The highest BCUT2D eigenvalue weighted by atomic mass is 16.6. The van der Waals surface area contributed by atoms with E-state index in [9.17, 15) is 14.4 Å². The molecule has 1 aliphatic carbocycles. The summed E-state index contributed by atoms with van der Waals surface area (Å²) in [5.41, 5.74) is 0. The number of hydrogen-bond donors (Lipinski definition) is 2. The van der Waals surface area contributed by atoms with E-state index in [2.05, 4.69) is 15.4 Å². The summed E-state index contributed by atoms with van der Waals surface area (Å²) in [5, 5.41) is 4.91. The number of esters is 1. The predicted octanol–water partition coefficient (Wildman–Crippen LogP) is 0.723. The molecule has 7 nitrogen and oxygen atoms in total. The van der Waals surface area contributed by atoms with Crippen LogP contribution in [0.5, 0.6) is 0 Å². The standard InChI is InChI=1S/C13H22N2O5/c1-9(20-11(16)8-19-2)12(17)15-13(18)14-10-6-4-3-5-7-10/h9-10H,3-8H2,1-2H3,(H2,14,15,17,18)/t9-/m1/s1. The Hall–Kier alpha value is -1.63. The maximum Gasteiger partial charge on any atom is 0.332 e. The van der Waals surface area contributed by atoms with E-state index in [0.717, 1.165) is 25.7 Å². The first-order valence-corrected chi connectivity index (χ1v) is 6.82. The van der Waals surface area contributed by atoms with E-state index in [4.69, 9.17) is 4.74 Å². The van der Waals surface area contributed by atoms with Gasteiger partial charge in [-0.15, -0.1) is 0 Å². The maximum atomic E-state index is 11.6. The second kappa shape index (κ2) is 8.52. The van der Waals surface area contributed by atoms with Crippen molar-refractivity contribution < 1.29 is 23.9 Å². The van der Waals surface area contributed by atoms with Crippen LogP contribution in [0.3, 0.4) is 0 Å². The maximum absolute atomic E-state index is 11.6. The lowest BCUT2D eigenvalue weighted by Gasteiger charge is -2.23. The molecular weight excluding hydrogens is 264 g/mol. The van der Waals surface area contributed by atoms with Crippen LogP contribution in [0.25, 0.3) is 0 Å². The quantitative estimate of drug-likeness (QED) is 0.726. The van der Waals surface area contributed by atoms with Crippen molar-refractivity contribution in [1.29, 1.82) is 0 Å². The molecule has 0 aromatic carbocycles. The van der Waals surface area contributed by atoms with Crippen molar-refractivity contribution in [3.63, 3.8) is 0 Å². The molecule has 2 N–H and O–H groups in total. The van der Waals surface area contributed by atoms with E-state index in [1.54, 1.807) is 0 Å². The third-order valence-corrected chi connectivity index (χ3v) is 3.12. The van der Waals surface area contributed by atoms with Crippen LogP contribution in [0.4, 0.5) is 4.79 Å². The molecule has 0 aromatic heterocycles. The van der Waals surface area contributed by atoms with Crippen LogP contribution in [0, 0.1) is 0 Å². The van der Waals surface area contributed by atoms with Crippen molar-refractivity contribution in [2.45, 2.75) is 51.2 Å². The monoisotopic (exact) mass is 286 g/mol. The Bertz CT molecular complexity index is 353. The van der Waals surface area contributed by atoms with Crippen molar-refractivity contribution in [2.24, 2.45) is 0 Å². The first kappa shape index (κ1) is 16.4. The van der Waals surface area contributed by atoms with E-state index in [1.807, 2.05) is 0 Å². The number of hydrogen-bond acceptors (Lipinski definition) is 5. The molecule has 20 heavy (non-hydrogen) atoms. The van der Waals surface area contributed by atoms with Gasteiger partial charge in [0.2, 0.25) is 0 Å². The molecule has 114 valence electrons. The fourth-order valence-corrected chi connectivity index (χ4v) is 2.08. The average molecular weight is 286 g/mol. The van der Waals surface area contributed by atoms with Crippen LogP contribution in [-0.4, -0.2) is 43.8 Å². The highest BCUT2D eigenvalue weighted by Crippen LogP contribution is 2.17. The van der Waals surface area contributed by atoms with Gasteiger partial charge in [-0.05, 0) is 19.8 Å². The van der Waals surface area contributed by atoms with Gasteiger partial charge in [-0.2, -0.15) is 0 Å². The minimum atomic E-state index is -1.03. The molecule has 0 bridgehead atoms. The smallest absolute Gasteiger partial charge is 0.332 e. The second-order valence-corrected chi connectivity index (χ2v) is 4.86. The van der Waals surface area contributed by atoms with Crippen molar-refractivity contribution in [1.82, 2.24) is 10.6 Å². The molecule has 0 spiro atoms. The Morgan fingerprint density at radius 2 is 1.85 bits per heavy atom. The van der Waals surface area contributed by atoms with Crippen LogP contribution in [0.2, 0.25) is 0 Å². The third kappa shape index (κ3) is 6.01. The SMILES string of the molecule is COCC(=O)O[C@H](C)C(=O)NC(=O)NC1CCCCC1. The molecule has 0 unspecified atom stereocenters. The van der Waals surface area contributed by atoms with Crippen LogP contribution in [-0.2, 0) is 19.1 Å². The van der Waals surface area contributed by atoms with E-state index in [1.165, 1.54) is 20.5 Å². The van der Waals surface area contributed by atoms with Gasteiger partial charge in [-0.3, -0.25) is 10.1 Å². The zero-order valence-electron chi connectivity index (χ0n) is 11.9. The summed E-state index contributed by atoms with van der Waals surface area (Å²) < 4.78 is 9.37. The summed E-state index contributed by atoms with van der Waals surface area (Å²) in [6.07, 6.45) is 4.19. The van der Waals surface area contributed by atoms with E-state index >= 15 is 0 Å². The Morgan fingerprint density at radius 3 is 2.45 bits per heavy atom. The van der Waals surface area contributed by atoms with Crippen molar-refractivity contribution in [3.05, 3.63) is 0 Å². The van der Waals surface area contributed by atoms with Crippen molar-refractivity contribution >= 4 is 17.9 Å². The number of nitrogens with one attached hydrogen (secondary N) is 2. The van der Waals surface area contributed by atoms with Gasteiger partial charge >= 0.3 is 12.0 Å². The molecule has 1 rings (SSSR count). The third-order valence-electron chi connectivity index (χ3n) is 3.12. The highest BCUT2D eigenvalue weighted by Gasteiger charge is 2.21. The molecule has 0 radical (unpaired) electrons. The summed E-state index contributed by atoms with van der Waals surface area (Å²) in [5.74, 6) is -1.30. The topological polar surface area (TPSA) is 93.7 Å². The minimum absolute atomic E-state index is 0.114. The molecule has 0 aliphatic heterocycles. The minimum Gasteiger partial charge on any atom is -0.451 e. The Kier molecular flexibility index (Phi) is 7.00. The van der Waals surface area contributed by atoms with Crippen LogP contribution < -0.4 is 10.6 Å². The normalized spacial score (nSPS) is 17.1. The van der Waals surface area contributed by atoms with E-state index < -0.39 is 24.0 Å². The molecule has 1 atom stereocenters. The fraction of sp³-hybridized carbons (Fsp3) is 0.769. The zero-order chi connectivity index (χ0) is 15.0. The van der Waals surface area contributed by atoms with Gasteiger partial charge < -0.3 is 14.8 Å². The average Bonchev–Trinajstić information content (AvgIpc) is 2.39. The number of carbonyl (C=O) groups is 3. The van der Waals surface area contributed by atoms with Gasteiger partial charge in [-0.25, -0.2) is 9.59 Å². The van der Waals surface area contributed by atoms with Gasteiger partial charge in [0.1, 0.15) is 6.61 Å². The lowest BCUT2D eigenvalue weighted by Crippen LogP contribution is -2.48. The molecule has 1 saturated carbocycles. The van der Waals surface area contributed by atoms with Gasteiger partial charge in [0.25, 0.3) is 5.91 Å². The van der Waals surface area contributed by atoms with Gasteiger partial charge in [0, 0.05) is 13.2 Å². The molecule has 0 aromatic rings. The second-order valence-electron chi connectivity index (χ2n) is 4.86. The predicted molar refractivity (Wildman–Crippen MR) is 71.0 cm³/mol. The summed E-state index contributed by atoms with van der Waals surface area (Å²) >= 11 is 0. The Balaban J connectivity index is 2.29. The van der Waals surface area contributed by atoms with Crippen LogP contribution in [0.1, 0.15) is 39.0 Å². The zero-order valence-corrected chi connectivity index (χ0v) is 11.9. The van der Waals surface area contributed by atoms with Gasteiger partial charge in [-0.1, -0.05) is 19.3 Å². The van der Waals surface area contributed by atoms with Crippen molar-refractivity contribution in [3.8, 4) is 0 Å². The number of rotatable bonds is 5. The van der Waals surface area contributed by atoms with Gasteiger partial charge in [0.15, 0.2) is 6.10 Å². The van der Waals surface area contributed by atoms with Gasteiger partial charge in [0.05, 0.1) is 0 Å². The molecular formula is C13H22N2O5. The Labute approximate surface area is 118 Å². The molecule has 1 fully saturated rings. The number of carbonyl (C=O) groups excluding carboxylic acids is 3. The van der Waals surface area contributed by atoms with Crippen LogP contribution in [0.15, 0.2) is 0 Å². The summed E-state index contributed by atoms with van der Waals surface area (Å²) in [4.78, 5) is 34.4. The fourth-order valence-electron chi connectivity index (χ4n) is 2.08. The lowest BCUT2D eigenvalue weighted by molar-refractivity contribution is -0.157. The number of methoxy groups -OCH3 is 1. The summed E-state index contributed by atoms with van der Waals surface area (Å²) in [7, 11) is 1.35. The summed E-state index contributed by atoms with van der Waals surface area (Å²) in [6.45, 7) is 1.17. The number of ether oxygens (including phenoxy) is 2. The molecule has 7 heteroatoms. The summed E-state index contributed by atoms with van der Waals surface area (Å²) in [6, 6.07) is -0.431. The highest BCUT2D eigenvalue weighted by molar-refractivity contribution is 5.97. The number of urea groups is 1. The lowest BCUT2D eigenvalue weighted by atomic mass is 9.96. The van der Waals surface area contributed by atoms with Crippen molar-refractivity contribution in [2.75, 3.05) is 13.7 Å². The molecule has 1 aliphatic rings.